The van der Waals surface area contributed by atoms with Gasteiger partial charge in [-0.1, -0.05) is 96.1 Å². The summed E-state index contributed by atoms with van der Waals surface area (Å²) < 4.78 is 46.4. The number of unbranched alkanes of at least 4 members (excludes halogenated alkanes) is 13. The summed E-state index contributed by atoms with van der Waals surface area (Å²) in [5, 5.41) is 83.2. The van der Waals surface area contributed by atoms with Crippen LogP contribution in [-0.2, 0) is 24.4 Å². The van der Waals surface area contributed by atoms with Crippen LogP contribution in [0.25, 0.3) is 10.8 Å². The monoisotopic (exact) mass is 934 g/mol. The molecule has 356 valence electrons. The first-order chi connectivity index (χ1) is 30.1. The molecule has 2 aliphatic rings. The van der Waals surface area contributed by atoms with E-state index in [0.717, 1.165) is 49.5 Å². The van der Waals surface area contributed by atoms with Gasteiger partial charge >= 0.3 is 29.6 Å². The van der Waals surface area contributed by atoms with E-state index < -0.39 is 95.2 Å². The van der Waals surface area contributed by atoms with Gasteiger partial charge in [-0.2, -0.15) is 0 Å². The molecule has 2 aromatic carbocycles. The second-order valence-electron chi connectivity index (χ2n) is 16.7. The van der Waals surface area contributed by atoms with E-state index >= 15 is 0 Å². The van der Waals surface area contributed by atoms with Crippen molar-refractivity contribution in [2.75, 3.05) is 32.8 Å². The standard InChI is InChI=1S/C44H68N2O16S.Na/c1-2-3-4-5-6-7-8-11-14-20-35(51)45(25-31(49)37(52)41(32(50)26-47)62-44-40(55)39(54)38(53)33(27-48)61-44)23-15-12-9-10-13-16-24-46-42(56)29-19-17-18-28-34(63(58,59)60)22-21-30(36(28)29)43(46)57;/h17-19,21-22,31-33,37-41,44,47-50,52-55H,2-16,20,23-27H2,1H3,(H,58,59,60);/q;+1/p-1/t31-,32+,33+,37+,38-,39-,40+,41+,44-;/m0./s1. The number of imide groups is 1. The number of ether oxygens (including phenoxy) is 2. The van der Waals surface area contributed by atoms with Crippen LogP contribution < -0.4 is 29.6 Å². The molecule has 0 spiro atoms. The van der Waals surface area contributed by atoms with Crippen LogP contribution in [0.15, 0.2) is 35.2 Å². The quantitative estimate of drug-likeness (QED) is 0.0204. The topological polar surface area (TPSA) is 295 Å². The van der Waals surface area contributed by atoms with Gasteiger partial charge in [0.2, 0.25) is 5.91 Å². The molecule has 0 bridgehead atoms. The van der Waals surface area contributed by atoms with Crippen molar-refractivity contribution in [1.82, 2.24) is 9.80 Å². The molecule has 0 saturated carbocycles. The summed E-state index contributed by atoms with van der Waals surface area (Å²) in [5.41, 5.74) is 0.284. The van der Waals surface area contributed by atoms with Crippen LogP contribution in [0, 0.1) is 0 Å². The summed E-state index contributed by atoms with van der Waals surface area (Å²) in [6, 6.07) is 6.71. The number of rotatable bonds is 29. The minimum absolute atomic E-state index is 0. The number of aliphatic hydroxyl groups is 8. The minimum atomic E-state index is -4.85. The van der Waals surface area contributed by atoms with Crippen molar-refractivity contribution in [1.29, 1.82) is 0 Å². The average Bonchev–Trinajstić information content (AvgIpc) is 3.26. The number of nitrogens with zero attached hydrogens (tertiary/aromatic N) is 2. The summed E-state index contributed by atoms with van der Waals surface area (Å²) in [6.07, 6.45) is -2.35. The number of amides is 3. The van der Waals surface area contributed by atoms with E-state index in [0.29, 0.717) is 32.1 Å². The molecule has 0 aliphatic carbocycles. The Kier molecular flexibility index (Phi) is 24.2. The number of aliphatic hydroxyl groups excluding tert-OH is 8. The first kappa shape index (κ1) is 56.1. The van der Waals surface area contributed by atoms with Crippen LogP contribution in [0.5, 0.6) is 0 Å². The number of benzene rings is 2. The van der Waals surface area contributed by atoms with Gasteiger partial charge in [-0.25, -0.2) is 8.42 Å². The van der Waals surface area contributed by atoms with Crippen LogP contribution in [0.1, 0.15) is 130 Å². The van der Waals surface area contributed by atoms with Crippen molar-refractivity contribution < 1.29 is 107 Å². The maximum Gasteiger partial charge on any atom is 1.00 e. The molecule has 9 atom stereocenters. The van der Waals surface area contributed by atoms with Gasteiger partial charge in [-0.15, -0.1) is 0 Å². The Balaban J connectivity index is 0.0000109. The fourth-order valence-electron chi connectivity index (χ4n) is 8.27. The van der Waals surface area contributed by atoms with Crippen molar-refractivity contribution in [2.45, 2.75) is 170 Å². The predicted molar refractivity (Wildman–Crippen MR) is 227 cm³/mol. The SMILES string of the molecule is CCCCCCCCCCCC(=O)N(CCCCCCCCN1C(=O)c2cccc3c(S(=O)(=O)[O-])ccc(c23)C1=O)C[C@H](O)[C@@H](O)[C@H](O[C@@H]1O[C@H](CO)[C@H](O)[C@H](O)[C@H]1O)[C@H](O)CO.[Na+]. The molecule has 8 N–H and O–H groups in total. The summed E-state index contributed by atoms with van der Waals surface area (Å²) in [6.45, 7) is 0.437. The maximum atomic E-state index is 13.6. The van der Waals surface area contributed by atoms with Gasteiger partial charge in [-0.05, 0) is 37.5 Å². The third kappa shape index (κ3) is 15.2. The van der Waals surface area contributed by atoms with Crippen LogP contribution >= 0.6 is 0 Å². The predicted octanol–water partition coefficient (Wildman–Crippen LogP) is -1.31. The van der Waals surface area contributed by atoms with Gasteiger partial charge in [-0.3, -0.25) is 19.3 Å². The fourth-order valence-corrected chi connectivity index (χ4v) is 8.95. The zero-order chi connectivity index (χ0) is 46.3. The third-order valence-corrected chi connectivity index (χ3v) is 12.9. The average molecular weight is 935 g/mol. The van der Waals surface area contributed by atoms with Crippen molar-refractivity contribution in [3.8, 4) is 0 Å². The van der Waals surface area contributed by atoms with Gasteiger partial charge in [0, 0.05) is 48.0 Å². The molecule has 64 heavy (non-hydrogen) atoms. The van der Waals surface area contributed by atoms with Crippen molar-refractivity contribution in [3.05, 3.63) is 41.5 Å². The molecule has 2 aromatic rings. The largest absolute Gasteiger partial charge is 1.00 e. The van der Waals surface area contributed by atoms with Gasteiger partial charge in [0.05, 0.1) is 18.1 Å². The van der Waals surface area contributed by atoms with E-state index in [9.17, 15) is 68.2 Å². The maximum absolute atomic E-state index is 13.6. The zero-order valence-corrected chi connectivity index (χ0v) is 39.9. The molecular weight excluding hydrogens is 868 g/mol. The Labute approximate surface area is 397 Å². The second-order valence-corrected chi connectivity index (χ2v) is 18.0. The van der Waals surface area contributed by atoms with E-state index in [1.807, 2.05) is 0 Å². The molecule has 0 aromatic heterocycles. The van der Waals surface area contributed by atoms with Crippen LogP contribution in [0.4, 0.5) is 0 Å². The smallest absolute Gasteiger partial charge is 0.744 e. The molecule has 3 amide bonds. The van der Waals surface area contributed by atoms with Crippen LogP contribution in [0.3, 0.4) is 0 Å². The minimum Gasteiger partial charge on any atom is -0.744 e. The van der Waals surface area contributed by atoms with E-state index in [1.165, 1.54) is 54.8 Å². The van der Waals surface area contributed by atoms with E-state index in [1.54, 1.807) is 0 Å². The van der Waals surface area contributed by atoms with Gasteiger partial charge in [0.25, 0.3) is 11.8 Å². The first-order valence-electron chi connectivity index (χ1n) is 22.3. The second kappa shape index (κ2) is 27.6. The van der Waals surface area contributed by atoms with Crippen molar-refractivity contribution in [3.63, 3.8) is 0 Å². The molecule has 2 aliphatic heterocycles. The van der Waals surface area contributed by atoms with E-state index in [-0.39, 0.29) is 83.4 Å². The molecule has 20 heteroatoms. The number of hydrogen-bond acceptors (Lipinski definition) is 16. The van der Waals surface area contributed by atoms with Crippen molar-refractivity contribution in [2.24, 2.45) is 0 Å². The van der Waals surface area contributed by atoms with E-state index in [2.05, 4.69) is 6.92 Å². The molecule has 18 nitrogen and oxygen atoms in total. The number of carbonyl (C=O) groups is 3. The third-order valence-electron chi connectivity index (χ3n) is 12.0. The Morgan fingerprint density at radius 2 is 1.38 bits per heavy atom. The Hall–Kier alpha value is -2.18. The normalized spacial score (nSPS) is 22.0. The summed E-state index contributed by atoms with van der Waals surface area (Å²) >= 11 is 0. The molecule has 2 heterocycles. The zero-order valence-electron chi connectivity index (χ0n) is 37.1. The fraction of sp³-hybridized carbons (Fsp3) is 0.705. The van der Waals surface area contributed by atoms with Gasteiger partial charge in [0.15, 0.2) is 6.29 Å². The molecular formula is C44H67N2NaO16S. The van der Waals surface area contributed by atoms with Crippen LogP contribution in [-0.4, -0.2) is 169 Å². The molecule has 1 fully saturated rings. The molecule has 0 unspecified atom stereocenters. The Morgan fingerprint density at radius 3 is 1.97 bits per heavy atom. The summed E-state index contributed by atoms with van der Waals surface area (Å²) in [5.74, 6) is -1.40. The Morgan fingerprint density at radius 1 is 0.797 bits per heavy atom. The Bertz CT molecular complexity index is 1870. The van der Waals surface area contributed by atoms with Gasteiger partial charge < -0.3 is 59.8 Å². The first-order valence-corrected chi connectivity index (χ1v) is 23.7. The summed E-state index contributed by atoms with van der Waals surface area (Å²) in [7, 11) is -4.85. The van der Waals surface area contributed by atoms with Crippen molar-refractivity contribution >= 4 is 38.6 Å². The molecule has 1 saturated heterocycles. The number of hydrogen-bond donors (Lipinski definition) is 8. The molecule has 0 radical (unpaired) electrons. The van der Waals surface area contributed by atoms with Crippen LogP contribution in [0.2, 0.25) is 0 Å². The van der Waals surface area contributed by atoms with Gasteiger partial charge in [0.1, 0.15) is 58.9 Å². The van der Waals surface area contributed by atoms with E-state index in [4.69, 9.17) is 9.47 Å². The summed E-state index contributed by atoms with van der Waals surface area (Å²) in [4.78, 5) is 42.3. The molecule has 4 rings (SSSR count). The number of carbonyl (C=O) groups excluding carboxylic acids is 3.